The topological polar surface area (TPSA) is 111 Å². The van der Waals surface area contributed by atoms with Crippen LogP contribution in [0.5, 0.6) is 0 Å². The highest BCUT2D eigenvalue weighted by Crippen LogP contribution is 2.10. The Hall–Kier alpha value is -1.63. The molecule has 0 bridgehead atoms. The monoisotopic (exact) mass is 441 g/mol. The molecule has 0 aromatic carbocycles. The first-order valence-corrected chi connectivity index (χ1v) is 12.3. The number of rotatable bonds is 21. The normalized spacial score (nSPS) is 12.0. The predicted octanol–water partition coefficient (Wildman–Crippen LogP) is 3.98. The van der Waals surface area contributed by atoms with Crippen molar-refractivity contribution in [3.8, 4) is 0 Å². The zero-order valence-corrected chi connectivity index (χ0v) is 20.2. The first kappa shape index (κ1) is 29.4. The predicted molar refractivity (Wildman–Crippen MR) is 126 cm³/mol. The number of nitrogens with two attached hydrogens (primary N) is 1. The van der Waals surface area contributed by atoms with Crippen LogP contribution in [0.15, 0.2) is 0 Å². The summed E-state index contributed by atoms with van der Waals surface area (Å²) in [5.74, 6) is -0.651. The van der Waals surface area contributed by atoms with Gasteiger partial charge in [0, 0.05) is 19.4 Å². The van der Waals surface area contributed by atoms with E-state index in [0.29, 0.717) is 38.8 Å². The van der Waals surface area contributed by atoms with Crippen LogP contribution in [0, 0.1) is 0 Å². The average Bonchev–Trinajstić information content (AvgIpc) is 2.71. The van der Waals surface area contributed by atoms with Crippen molar-refractivity contribution < 1.29 is 19.1 Å². The van der Waals surface area contributed by atoms with Crippen molar-refractivity contribution in [3.05, 3.63) is 0 Å². The number of hydrogen-bond donors (Lipinski definition) is 3. The van der Waals surface area contributed by atoms with E-state index in [9.17, 15) is 14.4 Å². The summed E-state index contributed by atoms with van der Waals surface area (Å²) in [6, 6.07) is -0.638. The molecule has 0 spiro atoms. The summed E-state index contributed by atoms with van der Waals surface area (Å²) >= 11 is 0. The minimum absolute atomic E-state index is 0.0404. The van der Waals surface area contributed by atoms with E-state index in [1.165, 1.54) is 38.5 Å². The Morgan fingerprint density at radius 2 is 1.42 bits per heavy atom. The van der Waals surface area contributed by atoms with Gasteiger partial charge in [0.05, 0.1) is 12.7 Å². The highest BCUT2D eigenvalue weighted by molar-refractivity contribution is 5.86. The number of hydrogen-bond acceptors (Lipinski definition) is 4. The Labute approximate surface area is 189 Å². The third kappa shape index (κ3) is 20.0. The van der Waals surface area contributed by atoms with Crippen molar-refractivity contribution in [2.45, 2.75) is 123 Å². The molecule has 31 heavy (non-hydrogen) atoms. The van der Waals surface area contributed by atoms with Gasteiger partial charge in [0.15, 0.2) is 0 Å². The summed E-state index contributed by atoms with van der Waals surface area (Å²) in [6.45, 7) is 7.04. The first-order chi connectivity index (χ1) is 14.9. The van der Waals surface area contributed by atoms with Gasteiger partial charge >= 0.3 is 0 Å². The highest BCUT2D eigenvalue weighted by Gasteiger charge is 2.17. The third-order valence-corrected chi connectivity index (χ3v) is 5.21. The maximum atomic E-state index is 12.1. The number of primary amides is 1. The molecule has 0 aliphatic rings. The van der Waals surface area contributed by atoms with Crippen LogP contribution in [0.1, 0.15) is 111 Å². The van der Waals surface area contributed by atoms with Crippen molar-refractivity contribution in [1.82, 2.24) is 10.6 Å². The lowest BCUT2D eigenvalue weighted by Gasteiger charge is -2.15. The lowest BCUT2D eigenvalue weighted by Crippen LogP contribution is -2.44. The lowest BCUT2D eigenvalue weighted by molar-refractivity contribution is -0.127. The number of carbonyl (C=O) groups excluding carboxylic acids is 3. The summed E-state index contributed by atoms with van der Waals surface area (Å²) in [5.41, 5.74) is 5.43. The molecule has 0 aliphatic heterocycles. The first-order valence-electron chi connectivity index (χ1n) is 12.3. The van der Waals surface area contributed by atoms with E-state index in [1.54, 1.807) is 0 Å². The minimum Gasteiger partial charge on any atom is -0.378 e. The molecule has 1 atom stereocenters. The summed E-state index contributed by atoms with van der Waals surface area (Å²) < 4.78 is 5.35. The van der Waals surface area contributed by atoms with Gasteiger partial charge in [0.2, 0.25) is 17.7 Å². The van der Waals surface area contributed by atoms with Crippen molar-refractivity contribution in [1.29, 1.82) is 0 Å². The molecule has 182 valence electrons. The maximum absolute atomic E-state index is 12.1. The molecule has 7 nitrogen and oxygen atoms in total. The molecule has 0 saturated carbocycles. The summed E-state index contributed by atoms with van der Waals surface area (Å²) in [4.78, 5) is 35.4. The van der Waals surface area contributed by atoms with E-state index in [0.717, 1.165) is 25.7 Å². The van der Waals surface area contributed by atoms with Crippen LogP contribution in [0.25, 0.3) is 0 Å². The minimum atomic E-state index is -0.638. The summed E-state index contributed by atoms with van der Waals surface area (Å²) in [5, 5.41) is 5.60. The smallest absolute Gasteiger partial charge is 0.239 e. The molecule has 4 N–H and O–H groups in total. The van der Waals surface area contributed by atoms with Crippen LogP contribution in [0.4, 0.5) is 0 Å². The standard InChI is InChI=1S/C24H47N3O4/c1-4-5-6-7-8-9-10-11-12-16-23(29)27-21(24(25)30)15-13-14-18-26-22(28)17-19-31-20(2)3/h20-21H,4-19H2,1-3H3,(H2,25,30)(H,26,28)(H,27,29). The largest absolute Gasteiger partial charge is 0.378 e. The summed E-state index contributed by atoms with van der Waals surface area (Å²) in [7, 11) is 0. The Kier molecular flexibility index (Phi) is 19.2. The molecule has 0 saturated heterocycles. The molecule has 0 radical (unpaired) electrons. The van der Waals surface area contributed by atoms with Gasteiger partial charge in [-0.15, -0.1) is 0 Å². The molecule has 1 unspecified atom stereocenters. The van der Waals surface area contributed by atoms with E-state index < -0.39 is 11.9 Å². The van der Waals surface area contributed by atoms with Crippen LogP contribution in [-0.4, -0.2) is 43.0 Å². The van der Waals surface area contributed by atoms with Crippen molar-refractivity contribution in [3.63, 3.8) is 0 Å². The van der Waals surface area contributed by atoms with E-state index in [4.69, 9.17) is 10.5 Å². The van der Waals surface area contributed by atoms with Gasteiger partial charge in [-0.1, -0.05) is 58.3 Å². The number of ether oxygens (including phenoxy) is 1. The molecule has 0 rings (SSSR count). The van der Waals surface area contributed by atoms with Gasteiger partial charge < -0.3 is 21.1 Å². The Bertz CT molecular complexity index is 483. The zero-order chi connectivity index (χ0) is 23.3. The molecular formula is C24H47N3O4. The van der Waals surface area contributed by atoms with Gasteiger partial charge in [0.1, 0.15) is 6.04 Å². The van der Waals surface area contributed by atoms with Crippen molar-refractivity contribution >= 4 is 17.7 Å². The number of unbranched alkanes of at least 4 members (excludes halogenated alkanes) is 9. The third-order valence-electron chi connectivity index (χ3n) is 5.21. The van der Waals surface area contributed by atoms with Gasteiger partial charge in [-0.3, -0.25) is 14.4 Å². The summed E-state index contributed by atoms with van der Waals surface area (Å²) in [6.07, 6.45) is 13.6. The molecule has 0 aromatic heterocycles. The maximum Gasteiger partial charge on any atom is 0.239 e. The van der Waals surface area contributed by atoms with Gasteiger partial charge in [-0.25, -0.2) is 0 Å². The Balaban J connectivity index is 3.78. The molecule has 3 amide bonds. The molecule has 0 heterocycles. The van der Waals surface area contributed by atoms with Crippen LogP contribution in [0.2, 0.25) is 0 Å². The molecule has 7 heteroatoms. The van der Waals surface area contributed by atoms with E-state index >= 15 is 0 Å². The second-order valence-corrected chi connectivity index (χ2v) is 8.62. The molecule has 0 fully saturated rings. The molecular weight excluding hydrogens is 394 g/mol. The molecule has 0 aliphatic carbocycles. The number of nitrogens with one attached hydrogen (secondary N) is 2. The van der Waals surface area contributed by atoms with Gasteiger partial charge in [0.25, 0.3) is 0 Å². The van der Waals surface area contributed by atoms with Crippen LogP contribution in [0.3, 0.4) is 0 Å². The average molecular weight is 442 g/mol. The lowest BCUT2D eigenvalue weighted by atomic mass is 10.1. The Morgan fingerprint density at radius 3 is 2.00 bits per heavy atom. The highest BCUT2D eigenvalue weighted by atomic mass is 16.5. The van der Waals surface area contributed by atoms with Crippen LogP contribution >= 0.6 is 0 Å². The van der Waals surface area contributed by atoms with E-state index in [-0.39, 0.29) is 17.9 Å². The second kappa shape index (κ2) is 20.3. The fourth-order valence-electron chi connectivity index (χ4n) is 3.33. The SMILES string of the molecule is CCCCCCCCCCCC(=O)NC(CCCCNC(=O)CCOC(C)C)C(N)=O. The van der Waals surface area contributed by atoms with Crippen molar-refractivity contribution in [2.24, 2.45) is 5.73 Å². The Morgan fingerprint density at radius 1 is 0.806 bits per heavy atom. The van der Waals surface area contributed by atoms with E-state index in [2.05, 4.69) is 17.6 Å². The number of amides is 3. The van der Waals surface area contributed by atoms with Gasteiger partial charge in [-0.05, 0) is 39.5 Å². The molecule has 0 aromatic rings. The van der Waals surface area contributed by atoms with E-state index in [1.807, 2.05) is 13.8 Å². The van der Waals surface area contributed by atoms with Gasteiger partial charge in [-0.2, -0.15) is 0 Å². The number of carbonyl (C=O) groups is 3. The van der Waals surface area contributed by atoms with Crippen LogP contribution < -0.4 is 16.4 Å². The second-order valence-electron chi connectivity index (χ2n) is 8.62. The fraction of sp³-hybridized carbons (Fsp3) is 0.875. The zero-order valence-electron chi connectivity index (χ0n) is 20.2. The fourth-order valence-corrected chi connectivity index (χ4v) is 3.33. The van der Waals surface area contributed by atoms with Crippen molar-refractivity contribution in [2.75, 3.05) is 13.2 Å². The van der Waals surface area contributed by atoms with Crippen LogP contribution in [-0.2, 0) is 19.1 Å². The quantitative estimate of drug-likeness (QED) is 0.234.